The second-order valence-corrected chi connectivity index (χ2v) is 5.61. The van der Waals surface area contributed by atoms with Crippen molar-refractivity contribution in [1.29, 1.82) is 0 Å². The first-order valence-corrected chi connectivity index (χ1v) is 5.68. The van der Waals surface area contributed by atoms with Crippen molar-refractivity contribution in [1.82, 2.24) is 4.31 Å². The second-order valence-electron chi connectivity index (χ2n) is 2.50. The molecule has 0 atom stereocenters. The Labute approximate surface area is 75.0 Å². The fourth-order valence-electron chi connectivity index (χ4n) is 1.03. The van der Waals surface area contributed by atoms with E-state index in [0.29, 0.717) is 4.21 Å². The van der Waals surface area contributed by atoms with Crippen molar-refractivity contribution in [3.8, 4) is 0 Å². The lowest BCUT2D eigenvalue weighted by Gasteiger charge is -2.17. The van der Waals surface area contributed by atoms with Gasteiger partial charge in [0.15, 0.2) is 0 Å². The zero-order valence-corrected chi connectivity index (χ0v) is 8.02. The highest BCUT2D eigenvalue weighted by molar-refractivity contribution is 7.91. The second kappa shape index (κ2) is 2.34. The molecule has 0 aromatic carbocycles. The summed E-state index contributed by atoms with van der Waals surface area (Å²) in [5.41, 5.74) is 0.790. The molecular weight excluding hydrogens is 194 g/mol. The highest BCUT2D eigenvalue weighted by Gasteiger charge is 2.25. The minimum Gasteiger partial charge on any atom is -0.276 e. The third kappa shape index (κ3) is 0.899. The van der Waals surface area contributed by atoms with Crippen molar-refractivity contribution >= 4 is 27.4 Å². The number of nitrogens with zero attached hydrogens (tertiary/aromatic N) is 1. The quantitative estimate of drug-likeness (QED) is 0.635. The summed E-state index contributed by atoms with van der Waals surface area (Å²) in [4.78, 5) is 0. The molecule has 12 heavy (non-hydrogen) atoms. The lowest BCUT2D eigenvalue weighted by molar-refractivity contribution is 0.540. The molecule has 2 heterocycles. The average Bonchev–Trinajstić information content (AvgIpc) is 2.46. The van der Waals surface area contributed by atoms with Gasteiger partial charge >= 0.3 is 0 Å². The first-order valence-electron chi connectivity index (χ1n) is 3.36. The summed E-state index contributed by atoms with van der Waals surface area (Å²) in [7, 11) is -1.68. The Bertz CT molecular complexity index is 430. The van der Waals surface area contributed by atoms with Gasteiger partial charge in [-0.25, -0.2) is 8.42 Å². The number of hydrogen-bond donors (Lipinski definition) is 0. The molecule has 0 saturated carbocycles. The predicted octanol–water partition coefficient (Wildman–Crippen LogP) is 1.35. The van der Waals surface area contributed by atoms with Crippen molar-refractivity contribution in [2.24, 2.45) is 0 Å². The van der Waals surface area contributed by atoms with Gasteiger partial charge in [-0.15, -0.1) is 11.3 Å². The van der Waals surface area contributed by atoms with Gasteiger partial charge in [0.25, 0.3) is 10.0 Å². The molecular formula is C7H7NO2S2. The summed E-state index contributed by atoms with van der Waals surface area (Å²) < 4.78 is 24.8. The highest BCUT2D eigenvalue weighted by atomic mass is 32.2. The van der Waals surface area contributed by atoms with E-state index in [4.69, 9.17) is 0 Å². The molecule has 1 aromatic rings. The molecule has 0 spiro atoms. The fraction of sp³-hybridized carbons (Fsp3) is 0.143. The molecule has 1 aromatic heterocycles. The van der Waals surface area contributed by atoms with E-state index in [1.165, 1.54) is 22.7 Å². The van der Waals surface area contributed by atoms with Crippen LogP contribution in [0.15, 0.2) is 21.9 Å². The summed E-state index contributed by atoms with van der Waals surface area (Å²) in [6.07, 6.45) is 3.36. The lowest BCUT2D eigenvalue weighted by atomic mass is 10.3. The lowest BCUT2D eigenvalue weighted by Crippen LogP contribution is -2.23. The first kappa shape index (κ1) is 7.82. The van der Waals surface area contributed by atoms with Crippen LogP contribution in [0.4, 0.5) is 0 Å². The van der Waals surface area contributed by atoms with Gasteiger partial charge in [-0.05, 0) is 17.5 Å². The molecule has 0 amide bonds. The molecule has 0 aliphatic carbocycles. The molecule has 5 heteroatoms. The van der Waals surface area contributed by atoms with Crippen LogP contribution < -0.4 is 0 Å². The summed E-state index contributed by atoms with van der Waals surface area (Å²) in [5, 5.41) is 1.78. The predicted molar refractivity (Wildman–Crippen MR) is 48.3 cm³/mol. The zero-order chi connectivity index (χ0) is 8.77. The van der Waals surface area contributed by atoms with Crippen molar-refractivity contribution in [2.45, 2.75) is 4.21 Å². The van der Waals surface area contributed by atoms with Gasteiger partial charge in [-0.1, -0.05) is 0 Å². The smallest absolute Gasteiger partial charge is 0.273 e. The summed E-state index contributed by atoms with van der Waals surface area (Å²) in [6.45, 7) is 0. The van der Waals surface area contributed by atoms with E-state index < -0.39 is 10.0 Å². The van der Waals surface area contributed by atoms with Crippen LogP contribution in [0.25, 0.3) is 6.08 Å². The minimum absolute atomic E-state index is 0.438. The topological polar surface area (TPSA) is 37.4 Å². The van der Waals surface area contributed by atoms with Crippen LogP contribution in [0.3, 0.4) is 0 Å². The third-order valence-corrected chi connectivity index (χ3v) is 4.96. The number of fused-ring (bicyclic) bond motifs is 1. The standard InChI is InChI=1S/C7H7NO2S2/c1-8-4-2-6-3-5-11-7(6)12(8,9)10/h2-5H,1H3. The molecule has 0 bridgehead atoms. The van der Waals surface area contributed by atoms with Crippen LogP contribution in [0, 0.1) is 0 Å². The summed E-state index contributed by atoms with van der Waals surface area (Å²) in [5.74, 6) is 0. The Balaban J connectivity index is 2.75. The van der Waals surface area contributed by atoms with Crippen LogP contribution >= 0.6 is 11.3 Å². The van der Waals surface area contributed by atoms with Gasteiger partial charge in [0, 0.05) is 18.8 Å². The Kier molecular flexibility index (Phi) is 1.52. The van der Waals surface area contributed by atoms with E-state index in [9.17, 15) is 8.42 Å². The van der Waals surface area contributed by atoms with Gasteiger partial charge in [0.1, 0.15) is 4.21 Å². The van der Waals surface area contributed by atoms with Gasteiger partial charge < -0.3 is 0 Å². The molecule has 64 valence electrons. The maximum Gasteiger partial charge on any atom is 0.273 e. The minimum atomic E-state index is -3.21. The highest BCUT2D eigenvalue weighted by Crippen LogP contribution is 2.30. The number of sulfonamides is 1. The molecule has 0 unspecified atom stereocenters. The Morgan fingerprint density at radius 3 is 3.00 bits per heavy atom. The van der Waals surface area contributed by atoms with Crippen LogP contribution in [0.5, 0.6) is 0 Å². The molecule has 3 nitrogen and oxygen atoms in total. The van der Waals surface area contributed by atoms with Gasteiger partial charge in [0.05, 0.1) is 0 Å². The zero-order valence-electron chi connectivity index (χ0n) is 6.39. The van der Waals surface area contributed by atoms with Crippen molar-refractivity contribution < 1.29 is 8.42 Å². The number of rotatable bonds is 0. The Hall–Kier alpha value is -0.810. The fourth-order valence-corrected chi connectivity index (χ4v) is 3.57. The first-order chi connectivity index (χ1) is 5.62. The van der Waals surface area contributed by atoms with Crippen LogP contribution in [0.1, 0.15) is 5.56 Å². The molecule has 2 rings (SSSR count). The maximum atomic E-state index is 11.6. The average molecular weight is 201 g/mol. The van der Waals surface area contributed by atoms with Gasteiger partial charge in [0.2, 0.25) is 0 Å². The largest absolute Gasteiger partial charge is 0.276 e. The van der Waals surface area contributed by atoms with Crippen LogP contribution in [-0.4, -0.2) is 19.8 Å². The third-order valence-electron chi connectivity index (χ3n) is 1.74. The molecule has 1 aliphatic rings. The van der Waals surface area contributed by atoms with Crippen molar-refractivity contribution in [3.05, 3.63) is 23.2 Å². The van der Waals surface area contributed by atoms with Gasteiger partial charge in [-0.2, -0.15) is 0 Å². The Morgan fingerprint density at radius 2 is 2.25 bits per heavy atom. The van der Waals surface area contributed by atoms with E-state index in [1.807, 2.05) is 0 Å². The molecule has 0 saturated heterocycles. The van der Waals surface area contributed by atoms with E-state index >= 15 is 0 Å². The monoisotopic (exact) mass is 201 g/mol. The SMILES string of the molecule is CN1C=Cc2ccsc2S1(=O)=O. The van der Waals surface area contributed by atoms with Crippen molar-refractivity contribution in [2.75, 3.05) is 7.05 Å². The van der Waals surface area contributed by atoms with Crippen LogP contribution in [0.2, 0.25) is 0 Å². The molecule has 0 N–H and O–H groups in total. The van der Waals surface area contributed by atoms with E-state index in [-0.39, 0.29) is 0 Å². The van der Waals surface area contributed by atoms with Crippen molar-refractivity contribution in [3.63, 3.8) is 0 Å². The van der Waals surface area contributed by atoms with Crippen LogP contribution in [-0.2, 0) is 10.0 Å². The summed E-state index contributed by atoms with van der Waals surface area (Å²) in [6, 6.07) is 1.81. The van der Waals surface area contributed by atoms with E-state index in [1.54, 1.807) is 23.7 Å². The Morgan fingerprint density at radius 1 is 1.50 bits per heavy atom. The molecule has 0 fully saturated rings. The number of thiophene rings is 1. The molecule has 1 aliphatic heterocycles. The normalized spacial score (nSPS) is 19.2. The number of hydrogen-bond acceptors (Lipinski definition) is 3. The summed E-state index contributed by atoms with van der Waals surface area (Å²) >= 11 is 1.26. The maximum absolute atomic E-state index is 11.6. The molecule has 0 radical (unpaired) electrons. The van der Waals surface area contributed by atoms with E-state index in [2.05, 4.69) is 0 Å². The van der Waals surface area contributed by atoms with E-state index in [0.717, 1.165) is 5.56 Å². The van der Waals surface area contributed by atoms with Gasteiger partial charge in [-0.3, -0.25) is 4.31 Å².